The van der Waals surface area contributed by atoms with Crippen molar-refractivity contribution >= 4 is 27.4 Å². The van der Waals surface area contributed by atoms with Crippen LogP contribution in [-0.2, 0) is 0 Å². The molecule has 2 aromatic rings. The molecule has 6 heteroatoms. The molecule has 0 aromatic heterocycles. The fraction of sp³-hybridized carbons (Fsp3) is 0.133. The number of benzene rings is 2. The first-order valence-corrected chi connectivity index (χ1v) is 6.94. The van der Waals surface area contributed by atoms with Crippen LogP contribution in [0, 0.1) is 17.0 Å². The third kappa shape index (κ3) is 3.46. The molecule has 0 fully saturated rings. The first-order chi connectivity index (χ1) is 10.0. The van der Waals surface area contributed by atoms with Crippen molar-refractivity contribution in [2.45, 2.75) is 6.92 Å². The maximum atomic E-state index is 12.1. The second-order valence-corrected chi connectivity index (χ2v) is 5.17. The van der Waals surface area contributed by atoms with Gasteiger partial charge in [-0.2, -0.15) is 0 Å². The molecule has 0 aliphatic carbocycles. The molecule has 0 N–H and O–H groups in total. The molecule has 0 radical (unpaired) electrons. The summed E-state index contributed by atoms with van der Waals surface area (Å²) in [6, 6.07) is 11.6. The van der Waals surface area contributed by atoms with Gasteiger partial charge < -0.3 is 4.74 Å². The predicted octanol–water partition coefficient (Wildman–Crippen LogP) is 3.93. The van der Waals surface area contributed by atoms with Crippen molar-refractivity contribution in [1.82, 2.24) is 0 Å². The first kappa shape index (κ1) is 15.2. The van der Waals surface area contributed by atoms with Crippen molar-refractivity contribution in [1.29, 1.82) is 0 Å². The summed E-state index contributed by atoms with van der Waals surface area (Å²) in [7, 11) is 0. The van der Waals surface area contributed by atoms with Gasteiger partial charge >= 0.3 is 0 Å². The van der Waals surface area contributed by atoms with E-state index in [2.05, 4.69) is 15.9 Å². The number of nitro groups is 1. The number of ether oxygens (including phenoxy) is 1. The number of ketones is 1. The Balaban J connectivity index is 2.14. The molecular weight excluding hydrogens is 338 g/mol. The molecule has 0 heterocycles. The summed E-state index contributed by atoms with van der Waals surface area (Å²) in [5, 5.41) is 10.8. The van der Waals surface area contributed by atoms with E-state index in [9.17, 15) is 14.9 Å². The van der Waals surface area contributed by atoms with E-state index in [1.165, 1.54) is 12.1 Å². The Bertz CT molecular complexity index is 700. The van der Waals surface area contributed by atoms with Gasteiger partial charge in [0.05, 0.1) is 4.92 Å². The third-order valence-electron chi connectivity index (χ3n) is 2.94. The monoisotopic (exact) mass is 349 g/mol. The topological polar surface area (TPSA) is 69.4 Å². The van der Waals surface area contributed by atoms with Crippen LogP contribution in [-0.4, -0.2) is 17.3 Å². The summed E-state index contributed by atoms with van der Waals surface area (Å²) in [4.78, 5) is 22.4. The van der Waals surface area contributed by atoms with Crippen molar-refractivity contribution in [3.63, 3.8) is 0 Å². The fourth-order valence-corrected chi connectivity index (χ4v) is 2.38. The van der Waals surface area contributed by atoms with E-state index in [1.54, 1.807) is 18.2 Å². The number of aryl methyl sites for hydroxylation is 1. The van der Waals surface area contributed by atoms with Crippen LogP contribution in [0.3, 0.4) is 0 Å². The lowest BCUT2D eigenvalue weighted by atomic mass is 10.1. The lowest BCUT2D eigenvalue weighted by Crippen LogP contribution is -2.13. The van der Waals surface area contributed by atoms with Crippen LogP contribution in [0.5, 0.6) is 5.75 Å². The highest BCUT2D eigenvalue weighted by Crippen LogP contribution is 2.33. The SMILES string of the molecule is Cc1ccccc1C(=O)COc1cccc([N+](=O)[O-])c1Br. The standard InChI is InChI=1S/C15H12BrNO4/c1-10-5-2-3-6-11(10)13(18)9-21-14-8-4-7-12(15(14)16)17(19)20/h2-8H,9H2,1H3. The van der Waals surface area contributed by atoms with Crippen LogP contribution in [0.4, 0.5) is 5.69 Å². The Morgan fingerprint density at radius 3 is 2.62 bits per heavy atom. The van der Waals surface area contributed by atoms with Gasteiger partial charge in [0.2, 0.25) is 0 Å². The number of nitrogens with zero attached hydrogens (tertiary/aromatic N) is 1. The molecule has 0 unspecified atom stereocenters. The minimum atomic E-state index is -0.514. The minimum absolute atomic E-state index is 0.101. The smallest absolute Gasteiger partial charge is 0.287 e. The Hall–Kier alpha value is -2.21. The molecule has 0 aliphatic heterocycles. The van der Waals surface area contributed by atoms with Gasteiger partial charge in [-0.05, 0) is 34.5 Å². The highest BCUT2D eigenvalue weighted by Gasteiger charge is 2.17. The van der Waals surface area contributed by atoms with Crippen molar-refractivity contribution < 1.29 is 14.5 Å². The normalized spacial score (nSPS) is 10.2. The summed E-state index contributed by atoms with van der Waals surface area (Å²) in [5.41, 5.74) is 1.35. The van der Waals surface area contributed by atoms with E-state index in [1.807, 2.05) is 19.1 Å². The number of nitro benzene ring substituents is 1. The summed E-state index contributed by atoms with van der Waals surface area (Å²) in [6.07, 6.45) is 0. The van der Waals surface area contributed by atoms with Crippen molar-refractivity contribution in [2.75, 3.05) is 6.61 Å². The number of carbonyl (C=O) groups is 1. The van der Waals surface area contributed by atoms with Gasteiger partial charge in [-0.1, -0.05) is 30.3 Å². The van der Waals surface area contributed by atoms with E-state index in [4.69, 9.17) is 4.74 Å². The number of hydrogen-bond acceptors (Lipinski definition) is 4. The van der Waals surface area contributed by atoms with Crippen LogP contribution in [0.15, 0.2) is 46.9 Å². The van der Waals surface area contributed by atoms with Crippen molar-refractivity contribution in [3.8, 4) is 5.75 Å². The van der Waals surface area contributed by atoms with E-state index in [0.717, 1.165) is 5.56 Å². The maximum absolute atomic E-state index is 12.1. The molecule has 0 amide bonds. The average Bonchev–Trinajstić information content (AvgIpc) is 2.46. The summed E-state index contributed by atoms with van der Waals surface area (Å²) >= 11 is 3.12. The lowest BCUT2D eigenvalue weighted by molar-refractivity contribution is -0.385. The Morgan fingerprint density at radius 2 is 1.95 bits per heavy atom. The Kier molecular flexibility index (Phi) is 4.70. The van der Waals surface area contributed by atoms with Gasteiger partial charge in [0.25, 0.3) is 5.69 Å². The van der Waals surface area contributed by atoms with Crippen LogP contribution in [0.2, 0.25) is 0 Å². The summed E-state index contributed by atoms with van der Waals surface area (Å²) in [5.74, 6) is 0.0950. The molecule has 108 valence electrons. The number of halogens is 1. The van der Waals surface area contributed by atoms with Crippen molar-refractivity contribution in [2.24, 2.45) is 0 Å². The average molecular weight is 350 g/mol. The highest BCUT2D eigenvalue weighted by atomic mass is 79.9. The maximum Gasteiger partial charge on any atom is 0.287 e. The molecule has 0 spiro atoms. The second-order valence-electron chi connectivity index (χ2n) is 4.37. The molecule has 21 heavy (non-hydrogen) atoms. The molecule has 0 saturated carbocycles. The quantitative estimate of drug-likeness (QED) is 0.465. The van der Waals surface area contributed by atoms with E-state index in [0.29, 0.717) is 5.56 Å². The zero-order valence-electron chi connectivity index (χ0n) is 11.2. The second kappa shape index (κ2) is 6.49. The van der Waals surface area contributed by atoms with Crippen LogP contribution in [0.25, 0.3) is 0 Å². The Labute approximate surface area is 129 Å². The van der Waals surface area contributed by atoms with Crippen molar-refractivity contribution in [3.05, 3.63) is 68.2 Å². The minimum Gasteiger partial charge on any atom is -0.484 e. The molecular formula is C15H12BrNO4. The molecule has 0 aliphatic rings. The predicted molar refractivity (Wildman–Crippen MR) is 81.8 cm³/mol. The summed E-state index contributed by atoms with van der Waals surface area (Å²) < 4.78 is 5.63. The molecule has 0 bridgehead atoms. The van der Waals surface area contributed by atoms with Gasteiger partial charge in [-0.3, -0.25) is 14.9 Å². The number of carbonyl (C=O) groups excluding carboxylic acids is 1. The van der Waals surface area contributed by atoms with Gasteiger partial charge in [-0.25, -0.2) is 0 Å². The van der Waals surface area contributed by atoms with E-state index in [-0.39, 0.29) is 28.3 Å². The molecule has 2 rings (SSSR count). The summed E-state index contributed by atoms with van der Waals surface area (Å²) in [6.45, 7) is 1.67. The highest BCUT2D eigenvalue weighted by molar-refractivity contribution is 9.10. The van der Waals surface area contributed by atoms with Gasteiger partial charge in [0, 0.05) is 11.6 Å². The third-order valence-corrected chi connectivity index (χ3v) is 3.74. The lowest BCUT2D eigenvalue weighted by Gasteiger charge is -2.09. The van der Waals surface area contributed by atoms with Gasteiger partial charge in [0.15, 0.2) is 12.4 Å². The fourth-order valence-electron chi connectivity index (χ4n) is 1.86. The Morgan fingerprint density at radius 1 is 1.24 bits per heavy atom. The van der Waals surface area contributed by atoms with Gasteiger partial charge in [0.1, 0.15) is 10.2 Å². The molecule has 5 nitrogen and oxygen atoms in total. The molecule has 0 atom stereocenters. The van der Waals surface area contributed by atoms with E-state index >= 15 is 0 Å². The van der Waals surface area contributed by atoms with Gasteiger partial charge in [-0.15, -0.1) is 0 Å². The number of hydrogen-bond donors (Lipinski definition) is 0. The number of rotatable bonds is 5. The number of Topliss-reactive ketones (excluding diaryl/α,β-unsaturated/α-hetero) is 1. The van der Waals surface area contributed by atoms with Crippen LogP contribution < -0.4 is 4.74 Å². The van der Waals surface area contributed by atoms with E-state index < -0.39 is 4.92 Å². The van der Waals surface area contributed by atoms with Crippen LogP contribution >= 0.6 is 15.9 Å². The largest absolute Gasteiger partial charge is 0.484 e. The first-order valence-electron chi connectivity index (χ1n) is 6.15. The van der Waals surface area contributed by atoms with Crippen LogP contribution in [0.1, 0.15) is 15.9 Å². The zero-order chi connectivity index (χ0) is 15.4. The molecule has 0 saturated heterocycles. The zero-order valence-corrected chi connectivity index (χ0v) is 12.8. The molecule has 2 aromatic carbocycles.